The third kappa shape index (κ3) is 14.1. The van der Waals surface area contributed by atoms with E-state index in [1.165, 1.54) is 113 Å². The normalized spacial score (nSPS) is 32.8. The maximum atomic E-state index is 13.8. The van der Waals surface area contributed by atoms with Crippen molar-refractivity contribution >= 4 is 35.5 Å². The van der Waals surface area contributed by atoms with E-state index in [9.17, 15) is 25.1 Å². The minimum absolute atomic E-state index is 0.0939. The summed E-state index contributed by atoms with van der Waals surface area (Å²) in [5.41, 5.74) is 0.0939. The van der Waals surface area contributed by atoms with Crippen LogP contribution in [0.2, 0.25) is 0 Å². The predicted octanol–water partition coefficient (Wildman–Crippen LogP) is 11.9. The molecule has 0 amide bonds. The number of aliphatic hydroxyl groups is 2. The fraction of sp³-hybridized carbons (Fsp3) is 0.820. The molecule has 1 saturated heterocycles. The van der Waals surface area contributed by atoms with Crippen molar-refractivity contribution in [2.45, 2.75) is 198 Å². The third-order valence-electron chi connectivity index (χ3n) is 15.2. The van der Waals surface area contributed by atoms with E-state index in [0.717, 1.165) is 75.0 Å². The second-order valence-corrected chi connectivity index (χ2v) is 21.9. The molecule has 5 aliphatic carbocycles. The molecule has 1 heterocycles. The molecule has 0 radical (unpaired) electrons. The number of allylic oxidation sites excluding steroid dienone is 2. The quantitative estimate of drug-likeness (QED) is 0.0523. The van der Waals surface area contributed by atoms with E-state index in [1.54, 1.807) is 19.1 Å². The van der Waals surface area contributed by atoms with E-state index in [1.807, 2.05) is 0 Å². The first kappa shape index (κ1) is 48.6. The summed E-state index contributed by atoms with van der Waals surface area (Å²) in [5, 5.41) is 29.8. The van der Waals surface area contributed by atoms with Crippen LogP contribution in [0.25, 0.3) is 0 Å². The summed E-state index contributed by atoms with van der Waals surface area (Å²) in [6.45, 7) is 6.69. The number of aliphatic hydroxyl groups excluding tert-OH is 2. The van der Waals surface area contributed by atoms with E-state index < -0.39 is 23.1 Å². The molecule has 0 aromatic heterocycles. The van der Waals surface area contributed by atoms with E-state index in [4.69, 9.17) is 18.9 Å². The van der Waals surface area contributed by atoms with Gasteiger partial charge in [0, 0.05) is 6.61 Å². The van der Waals surface area contributed by atoms with Crippen molar-refractivity contribution in [2.24, 2.45) is 47.3 Å². The number of carbonyl (C=O) groups is 2. The molecule has 6 aliphatic rings. The zero-order chi connectivity index (χ0) is 43.1. The van der Waals surface area contributed by atoms with Gasteiger partial charge in [0.1, 0.15) is 23.2 Å². The number of hydrogen-bond acceptors (Lipinski definition) is 11. The van der Waals surface area contributed by atoms with Gasteiger partial charge in [-0.1, -0.05) is 78.1 Å². The lowest BCUT2D eigenvalue weighted by Crippen LogP contribution is -2.33. The number of nitriles is 1. The summed E-state index contributed by atoms with van der Waals surface area (Å²) in [6.07, 6.45) is 29.0. The Morgan fingerprint density at radius 1 is 0.639 bits per heavy atom. The van der Waals surface area contributed by atoms with Gasteiger partial charge >= 0.3 is 11.9 Å². The Morgan fingerprint density at radius 2 is 1.03 bits per heavy atom. The van der Waals surface area contributed by atoms with Crippen molar-refractivity contribution in [3.63, 3.8) is 0 Å². The molecule has 1 aliphatic heterocycles. The lowest BCUT2D eigenvalue weighted by Gasteiger charge is -2.37. The standard InChI is InChI=1S/C50H77NO8S2/c1-4-6-10-34-12-16-36(17-13-34)38-20-24-40(25-21-38)47(53)58-43-28-29-44(46-45(43)60-50(61-46)42(32-51)49(55)57-31-9-8-30-56-33(3)52)59-48(54)41-26-22-39(23-27-41)37-18-14-35(15-19-37)11-7-5-2/h28-29,33-41,45-46,49,52,55H,4-27,30-31H2,1-3H3/t33-,34?,35?,36?,37?,38?,39?,40?,41?,45?,46?,49-/m1/s1. The Bertz CT molecular complexity index is 1440. The SMILES string of the molecule is CCCCC1CCC(C2CCC(C(=O)OC3=CC=C(OC(=O)C4CCC(C5CCC(CCCC)CC5)CC4)C4SC(=C(C#N)[C@H](O)OCCCCO[C@H](C)O)SC34)CC2)CC1. The summed E-state index contributed by atoms with van der Waals surface area (Å²) in [5.74, 6) is 5.10. The van der Waals surface area contributed by atoms with Crippen molar-refractivity contribution in [3.05, 3.63) is 33.5 Å². The number of thioether (sulfide) groups is 2. The van der Waals surface area contributed by atoms with Crippen molar-refractivity contribution in [3.8, 4) is 6.07 Å². The van der Waals surface area contributed by atoms with E-state index in [0.29, 0.717) is 47.0 Å². The minimum atomic E-state index is -1.44. The molecule has 2 N–H and O–H groups in total. The van der Waals surface area contributed by atoms with Crippen LogP contribution in [0.4, 0.5) is 0 Å². The van der Waals surface area contributed by atoms with Crippen molar-refractivity contribution < 1.29 is 38.7 Å². The minimum Gasteiger partial charge on any atom is -0.430 e. The number of hydrogen-bond donors (Lipinski definition) is 2. The second kappa shape index (κ2) is 25.0. The van der Waals surface area contributed by atoms with E-state index >= 15 is 0 Å². The van der Waals surface area contributed by atoms with Gasteiger partial charge in [0.15, 0.2) is 12.6 Å². The maximum absolute atomic E-state index is 13.8. The molecule has 9 nitrogen and oxygen atoms in total. The van der Waals surface area contributed by atoms with Gasteiger partial charge in [-0.3, -0.25) is 9.59 Å². The number of ether oxygens (including phenoxy) is 4. The highest BCUT2D eigenvalue weighted by Crippen LogP contribution is 2.56. The number of carbonyl (C=O) groups excluding carboxylic acids is 2. The second-order valence-electron chi connectivity index (χ2n) is 19.3. The number of unbranched alkanes of at least 4 members (excludes halogenated alkanes) is 3. The van der Waals surface area contributed by atoms with Gasteiger partial charge in [0.05, 0.1) is 33.2 Å². The van der Waals surface area contributed by atoms with Gasteiger partial charge < -0.3 is 29.2 Å². The zero-order valence-electron chi connectivity index (χ0n) is 37.6. The molecule has 11 heteroatoms. The predicted molar refractivity (Wildman–Crippen MR) is 243 cm³/mol. The number of esters is 2. The van der Waals surface area contributed by atoms with Crippen molar-refractivity contribution in [2.75, 3.05) is 13.2 Å². The molecule has 2 unspecified atom stereocenters. The Kier molecular flexibility index (Phi) is 20.0. The average Bonchev–Trinajstić information content (AvgIpc) is 3.73. The first-order valence-electron chi connectivity index (χ1n) is 24.6. The van der Waals surface area contributed by atoms with Gasteiger partial charge in [-0.05, 0) is 144 Å². The summed E-state index contributed by atoms with van der Waals surface area (Å²) in [4.78, 5) is 27.6. The first-order chi connectivity index (χ1) is 29.7. The highest BCUT2D eigenvalue weighted by atomic mass is 32.2. The van der Waals surface area contributed by atoms with Gasteiger partial charge in [-0.25, -0.2) is 0 Å². The van der Waals surface area contributed by atoms with Crippen molar-refractivity contribution in [1.82, 2.24) is 0 Å². The van der Waals surface area contributed by atoms with Crippen LogP contribution in [0.5, 0.6) is 0 Å². The summed E-state index contributed by atoms with van der Waals surface area (Å²) in [7, 11) is 0. The maximum Gasteiger partial charge on any atom is 0.314 e. The van der Waals surface area contributed by atoms with Crippen LogP contribution >= 0.6 is 23.5 Å². The van der Waals surface area contributed by atoms with Gasteiger partial charge in [-0.2, -0.15) is 5.26 Å². The Balaban J connectivity index is 1.06. The Labute approximate surface area is 376 Å². The van der Waals surface area contributed by atoms with Crippen LogP contribution in [0.3, 0.4) is 0 Å². The van der Waals surface area contributed by atoms with Crippen LogP contribution in [0, 0.1) is 58.7 Å². The molecule has 4 saturated carbocycles. The van der Waals surface area contributed by atoms with E-state index in [2.05, 4.69) is 19.9 Å². The fourth-order valence-corrected chi connectivity index (χ4v) is 14.5. The molecule has 4 atom stereocenters. The molecule has 5 fully saturated rings. The third-order valence-corrected chi connectivity index (χ3v) is 18.3. The number of rotatable bonds is 20. The van der Waals surface area contributed by atoms with Crippen LogP contribution in [-0.2, 0) is 28.5 Å². The number of nitrogens with zero attached hydrogens (tertiary/aromatic N) is 1. The molecule has 0 aromatic carbocycles. The van der Waals surface area contributed by atoms with Crippen LogP contribution in [0.15, 0.2) is 33.5 Å². The average molecular weight is 884 g/mol. The van der Waals surface area contributed by atoms with Gasteiger partial charge in [-0.15, -0.1) is 23.5 Å². The lowest BCUT2D eigenvalue weighted by molar-refractivity contribution is -0.147. The number of fused-ring (bicyclic) bond motifs is 1. The molecule has 6 rings (SSSR count). The molecule has 342 valence electrons. The summed E-state index contributed by atoms with van der Waals surface area (Å²) < 4.78 is 24.0. The Hall–Kier alpha value is -1.81. The molecule has 0 aromatic rings. The smallest absolute Gasteiger partial charge is 0.314 e. The highest BCUT2D eigenvalue weighted by Gasteiger charge is 2.46. The molecule has 0 bridgehead atoms. The fourth-order valence-electron chi connectivity index (χ4n) is 11.3. The first-order valence-corrected chi connectivity index (χ1v) is 26.3. The molecular formula is C50H77NO8S2. The van der Waals surface area contributed by atoms with E-state index in [-0.39, 0.29) is 36.0 Å². The lowest BCUT2D eigenvalue weighted by atomic mass is 9.68. The van der Waals surface area contributed by atoms with Crippen LogP contribution in [-0.4, -0.2) is 58.4 Å². The van der Waals surface area contributed by atoms with Crippen molar-refractivity contribution in [1.29, 1.82) is 5.26 Å². The summed E-state index contributed by atoms with van der Waals surface area (Å²) >= 11 is 2.74. The zero-order valence-corrected chi connectivity index (χ0v) is 39.2. The molecule has 0 spiro atoms. The topological polar surface area (TPSA) is 135 Å². The van der Waals surface area contributed by atoms with Gasteiger partial charge in [0.25, 0.3) is 0 Å². The molecule has 61 heavy (non-hydrogen) atoms. The largest absolute Gasteiger partial charge is 0.430 e. The van der Waals surface area contributed by atoms with Gasteiger partial charge in [0.2, 0.25) is 0 Å². The summed E-state index contributed by atoms with van der Waals surface area (Å²) in [6, 6.07) is 2.17. The monoisotopic (exact) mass is 884 g/mol. The Morgan fingerprint density at radius 3 is 1.41 bits per heavy atom. The highest BCUT2D eigenvalue weighted by molar-refractivity contribution is 8.26. The van der Waals surface area contributed by atoms with Crippen LogP contribution in [0.1, 0.15) is 175 Å². The molecular weight excluding hydrogens is 807 g/mol. The van der Waals surface area contributed by atoms with Crippen LogP contribution < -0.4 is 0 Å².